The molecule has 0 saturated carbocycles. The van der Waals surface area contributed by atoms with E-state index in [0.29, 0.717) is 55.2 Å². The Balaban J connectivity index is 0.000000207. The van der Waals surface area contributed by atoms with E-state index >= 15 is 0 Å². The average Bonchev–Trinajstić information content (AvgIpc) is 1.68. The van der Waals surface area contributed by atoms with Crippen molar-refractivity contribution in [1.82, 2.24) is 25.3 Å². The highest BCUT2D eigenvalue weighted by molar-refractivity contribution is 7.19. The average molecular weight is 1490 g/mol. The molecule has 26 heteroatoms. The van der Waals surface area contributed by atoms with Gasteiger partial charge in [0, 0.05) is 71.5 Å². The number of hydrogen-bond donors (Lipinski definition) is 6. The third kappa shape index (κ3) is 28.0. The van der Waals surface area contributed by atoms with Crippen LogP contribution in [0.15, 0.2) is 192 Å². The number of halogens is 4. The van der Waals surface area contributed by atoms with Crippen molar-refractivity contribution in [2.75, 3.05) is 0 Å². The van der Waals surface area contributed by atoms with Gasteiger partial charge in [-0.3, -0.25) is 45.2 Å². The summed E-state index contributed by atoms with van der Waals surface area (Å²) in [4.78, 5) is 59.7. The minimum Gasteiger partial charge on any atom is -0.457 e. The Kier molecular flexibility index (Phi) is 32.1. The molecule has 10 aromatic rings. The second kappa shape index (κ2) is 40.9. The van der Waals surface area contributed by atoms with Crippen LogP contribution in [0, 0.1) is 70.6 Å². The van der Waals surface area contributed by atoms with Gasteiger partial charge in [0.05, 0.1) is 15.8 Å². The number of amides is 6. The molecule has 0 spiro atoms. The number of primary amides is 1. The number of nitrogens with two attached hydrogens (primary N) is 1. The van der Waals surface area contributed by atoms with Crippen molar-refractivity contribution < 1.29 is 81.5 Å². The second-order valence-corrected chi connectivity index (χ2v) is 26.1. The Labute approximate surface area is 616 Å². The maximum atomic E-state index is 12.9. The van der Waals surface area contributed by atoms with E-state index < -0.39 is 47.9 Å². The zero-order valence-corrected chi connectivity index (χ0v) is 60.7. The molecular weight excluding hydrogens is 1410 g/mol. The Bertz CT molecular complexity index is 4480. The van der Waals surface area contributed by atoms with Crippen molar-refractivity contribution in [3.8, 4) is 70.6 Å². The van der Waals surface area contributed by atoms with Gasteiger partial charge in [-0.1, -0.05) is 90.0 Å². The van der Waals surface area contributed by atoms with Crippen molar-refractivity contribution in [2.45, 2.75) is 105 Å². The molecule has 4 heterocycles. The predicted octanol–water partition coefficient (Wildman–Crippen LogP) is 16.4. The number of benzene rings is 6. The molecule has 6 amide bonds. The van der Waals surface area contributed by atoms with Crippen LogP contribution >= 0.6 is 34.0 Å². The van der Waals surface area contributed by atoms with Crippen molar-refractivity contribution in [1.29, 1.82) is 0 Å². The standard InChI is InChI=1S/C18H16FNO3.C17H16FNO2S.C16H15FN2O2S.C16H14FNO4.C12H13NO2S/c1-13(20(22)14(2)21)6-7-15-4-3-5-18(12-15)23-17-10-8-16(19)9-11-17;1-12(19(21)13(2)20)3-8-16-9-10-17(22-16)11-14-4-6-15(18)7-5-14;1-11(19(21)16(18)20)2-7-14-8-9-15(22-14)10-12-3-5-13(17)6-4-12;1-11(18(20)12(2)19)3-6-14-9-10-16(21-14)22-15-7-4-13(17)5-8-15;1-8(13(15)9(2)14)12-7-10-5-3-4-6-11(10)16-12/h3-5,8-13,22H,1-2H3;4-7,9-10,12,21H,11H2,1-2H3;3-6,8-9,11,21H,10H2,1H3,(H2,18,20);4-5,7-11,20H,1-2H3;3-8,15H,1-2H3/t;12-;2*11-;/m.111./s1. The van der Waals surface area contributed by atoms with Crippen LogP contribution in [0.1, 0.15) is 115 Å². The van der Waals surface area contributed by atoms with Crippen LogP contribution in [0.3, 0.4) is 0 Å². The number of hydroxylamine groups is 10. The van der Waals surface area contributed by atoms with Gasteiger partial charge in [0.2, 0.25) is 23.6 Å². The SMILES string of the molecule is CC(=O)N(O)C(C)C#Cc1cccc(Oc2ccc(F)cc2)c1.CC(=O)N(O)C(C)c1cc2ccccc2s1.CC(=O)N(O)[C@H](C)C#Cc1ccc(Cc2ccc(F)cc2)s1.CC(=O)N(O)[C@H](C)C#Cc1ccc(Oc2ccc(F)cc2)o1.C[C@H](C#Cc1ccc(Cc2ccc(F)cc2)s1)N(O)C(N)=O. The van der Waals surface area contributed by atoms with E-state index in [1.54, 1.807) is 111 Å². The lowest BCUT2D eigenvalue weighted by Gasteiger charge is -2.19. The molecule has 5 atom stereocenters. The number of hydrogen-bond acceptors (Lipinski definition) is 16. The fraction of sp³-hybridized carbons (Fsp3) is 0.203. The van der Waals surface area contributed by atoms with Crippen LogP contribution in [0.4, 0.5) is 22.4 Å². The molecule has 0 aliphatic rings. The topological polar surface area (TPSA) is 260 Å². The first-order valence-electron chi connectivity index (χ1n) is 31.9. The van der Waals surface area contributed by atoms with Gasteiger partial charge >= 0.3 is 6.03 Å². The number of urea groups is 1. The zero-order chi connectivity index (χ0) is 76.9. The van der Waals surface area contributed by atoms with Crippen LogP contribution < -0.4 is 15.2 Å². The number of nitrogens with zero attached hydrogens (tertiary/aromatic N) is 5. The van der Waals surface area contributed by atoms with E-state index in [2.05, 4.69) is 47.4 Å². The van der Waals surface area contributed by atoms with Crippen LogP contribution in [0.2, 0.25) is 0 Å². The number of furan rings is 1. The summed E-state index contributed by atoms with van der Waals surface area (Å²) in [6, 6.07) is 48.2. The summed E-state index contributed by atoms with van der Waals surface area (Å²) < 4.78 is 68.9. The highest BCUT2D eigenvalue weighted by atomic mass is 32.1. The van der Waals surface area contributed by atoms with E-state index in [1.165, 1.54) is 117 Å². The first-order valence-corrected chi connectivity index (χ1v) is 34.4. The molecule has 0 aliphatic heterocycles. The van der Waals surface area contributed by atoms with E-state index in [0.717, 1.165) is 52.4 Å². The molecule has 7 N–H and O–H groups in total. The Morgan fingerprint density at radius 2 is 0.857 bits per heavy atom. The largest absolute Gasteiger partial charge is 0.457 e. The van der Waals surface area contributed by atoms with Crippen molar-refractivity contribution >= 4 is 73.8 Å². The minimum absolute atomic E-state index is 0.205. The number of carbonyl (C=O) groups is 5. The lowest BCUT2D eigenvalue weighted by atomic mass is 10.1. The molecular formula is C79H74F4N6O13S3. The molecule has 0 bridgehead atoms. The van der Waals surface area contributed by atoms with Crippen LogP contribution in [0.25, 0.3) is 10.1 Å². The predicted molar refractivity (Wildman–Crippen MR) is 391 cm³/mol. The van der Waals surface area contributed by atoms with Gasteiger partial charge in [0.25, 0.3) is 5.95 Å². The highest BCUT2D eigenvalue weighted by Gasteiger charge is 2.19. The summed E-state index contributed by atoms with van der Waals surface area (Å²) >= 11 is 4.65. The van der Waals surface area contributed by atoms with E-state index in [4.69, 9.17) is 19.6 Å². The molecule has 19 nitrogen and oxygen atoms in total. The number of rotatable bonds is 14. The van der Waals surface area contributed by atoms with Gasteiger partial charge in [-0.25, -0.2) is 42.6 Å². The van der Waals surface area contributed by atoms with E-state index in [-0.39, 0.29) is 41.2 Å². The fourth-order valence-corrected chi connectivity index (χ4v) is 11.5. The first-order chi connectivity index (χ1) is 49.9. The summed E-state index contributed by atoms with van der Waals surface area (Å²) in [6.45, 7) is 13.4. The van der Waals surface area contributed by atoms with Crippen molar-refractivity contribution in [3.05, 3.63) is 258 Å². The quantitative estimate of drug-likeness (QED) is 0.0256. The molecule has 4 aromatic heterocycles. The Hall–Kier alpha value is -11.5. The van der Waals surface area contributed by atoms with Crippen LogP contribution in [-0.2, 0) is 32.0 Å². The molecule has 10 rings (SSSR count). The van der Waals surface area contributed by atoms with E-state index in [9.17, 15) is 67.6 Å². The smallest absolute Gasteiger partial charge is 0.339 e. The lowest BCUT2D eigenvalue weighted by molar-refractivity contribution is -0.172. The third-order valence-corrected chi connectivity index (χ3v) is 17.5. The van der Waals surface area contributed by atoms with Crippen molar-refractivity contribution in [3.63, 3.8) is 0 Å². The molecule has 0 radical (unpaired) electrons. The normalized spacial score (nSPS) is 11.5. The van der Waals surface area contributed by atoms with Crippen molar-refractivity contribution in [2.24, 2.45) is 5.73 Å². The van der Waals surface area contributed by atoms with Gasteiger partial charge in [0.1, 0.15) is 64.7 Å². The first kappa shape index (κ1) is 82.4. The summed E-state index contributed by atoms with van der Waals surface area (Å²) in [6.07, 6.45) is 1.43. The summed E-state index contributed by atoms with van der Waals surface area (Å²) in [7, 11) is 0. The highest BCUT2D eigenvalue weighted by Crippen LogP contribution is 2.32. The number of carbonyl (C=O) groups excluding carboxylic acids is 5. The summed E-state index contributed by atoms with van der Waals surface area (Å²) in [5, 5.41) is 51.2. The minimum atomic E-state index is -0.940. The molecule has 544 valence electrons. The maximum Gasteiger partial charge on any atom is 0.339 e. The molecule has 0 aliphatic carbocycles. The third-order valence-electron chi connectivity index (χ3n) is 14.2. The molecule has 0 saturated heterocycles. The second-order valence-electron chi connectivity index (χ2n) is 22.7. The van der Waals surface area contributed by atoms with E-state index in [1.807, 2.05) is 61.5 Å². The zero-order valence-electron chi connectivity index (χ0n) is 58.3. The molecule has 0 fully saturated rings. The molecule has 105 heavy (non-hydrogen) atoms. The molecule has 6 aromatic carbocycles. The lowest BCUT2D eigenvalue weighted by Crippen LogP contribution is -2.38. The van der Waals surface area contributed by atoms with Crippen LogP contribution in [0.5, 0.6) is 23.2 Å². The van der Waals surface area contributed by atoms with Gasteiger partial charge in [0.15, 0.2) is 5.76 Å². The summed E-state index contributed by atoms with van der Waals surface area (Å²) in [5.74, 6) is 21.5. The summed E-state index contributed by atoms with van der Waals surface area (Å²) in [5.41, 5.74) is 7.68. The number of ether oxygens (including phenoxy) is 2. The van der Waals surface area contributed by atoms with Crippen LogP contribution in [-0.4, -0.2) is 105 Å². The fourth-order valence-electron chi connectivity index (χ4n) is 8.59. The van der Waals surface area contributed by atoms with Gasteiger partial charge < -0.3 is 19.6 Å². The van der Waals surface area contributed by atoms with Gasteiger partial charge in [-0.2, -0.15) is 5.06 Å². The Morgan fingerprint density at radius 1 is 0.438 bits per heavy atom. The molecule has 2 unspecified atom stereocenters. The monoisotopic (exact) mass is 1490 g/mol. The van der Waals surface area contributed by atoms with Gasteiger partial charge in [-0.15, -0.1) is 34.0 Å². The number of thiophene rings is 3. The van der Waals surface area contributed by atoms with Gasteiger partial charge in [-0.05, 0) is 191 Å². The number of fused-ring (bicyclic) bond motifs is 1. The maximum absolute atomic E-state index is 12.9. The Morgan fingerprint density at radius 3 is 1.30 bits per heavy atom.